The van der Waals surface area contributed by atoms with E-state index in [-0.39, 0.29) is 30.0 Å². The van der Waals surface area contributed by atoms with Crippen LogP contribution in [0.5, 0.6) is 0 Å². The number of alkyl halides is 6. The monoisotopic (exact) mass is 556 g/mol. The van der Waals surface area contributed by atoms with E-state index in [0.717, 1.165) is 16.8 Å². The van der Waals surface area contributed by atoms with Crippen molar-refractivity contribution in [3.63, 3.8) is 0 Å². The van der Waals surface area contributed by atoms with Crippen molar-refractivity contribution in [2.75, 3.05) is 18.1 Å². The summed E-state index contributed by atoms with van der Waals surface area (Å²) < 4.78 is 82.4. The predicted octanol–water partition coefficient (Wildman–Crippen LogP) is 4.66. The number of hydrogen-bond acceptors (Lipinski definition) is 5. The van der Waals surface area contributed by atoms with Crippen LogP contribution in [-0.2, 0) is 18.9 Å². The molecule has 2 atom stereocenters. The van der Waals surface area contributed by atoms with E-state index in [9.17, 15) is 41.0 Å². The van der Waals surface area contributed by atoms with Crippen molar-refractivity contribution >= 4 is 17.7 Å². The van der Waals surface area contributed by atoms with Crippen LogP contribution in [0.3, 0.4) is 0 Å². The van der Waals surface area contributed by atoms with Crippen molar-refractivity contribution in [1.82, 2.24) is 15.1 Å². The number of carboxylic acid groups (broad SMARTS) is 1. The second-order valence-corrected chi connectivity index (χ2v) is 9.03. The van der Waals surface area contributed by atoms with Crippen LogP contribution in [0.25, 0.3) is 0 Å². The molecule has 3 aromatic rings. The molecule has 0 saturated carbocycles. The number of carbonyl (C=O) groups excluding carboxylic acids is 1. The molecule has 0 aliphatic carbocycles. The van der Waals surface area contributed by atoms with Crippen LogP contribution >= 0.6 is 0 Å². The highest BCUT2D eigenvalue weighted by Gasteiger charge is 2.46. The van der Waals surface area contributed by atoms with Crippen molar-refractivity contribution in [3.05, 3.63) is 82.0 Å². The molecule has 208 valence electrons. The topological polar surface area (TPSA) is 108 Å². The molecule has 0 saturated heterocycles. The molecule has 1 amide bonds. The number of rotatable bonds is 7. The first kappa shape index (κ1) is 28.0. The zero-order valence-corrected chi connectivity index (χ0v) is 20.2. The summed E-state index contributed by atoms with van der Waals surface area (Å²) in [7, 11) is 0. The Hall–Kier alpha value is -4.07. The second-order valence-electron chi connectivity index (χ2n) is 9.03. The standard InChI is InChI=1S/C25H22F6N4O4/c1-13(15-5-7-16(8-6-15)23(38)39)32-21(37)19-20(25(29,30)31)33-35-18(12-36)11-34(22(19)35)10-14-3-2-4-17(9-14)24(26,27)28/h2-9,13,18,36H,10-12H2,1H3,(H,32,37)(H,38,39)/t13?,18-/m0/s1. The molecule has 2 aromatic carbocycles. The highest BCUT2D eigenvalue weighted by Crippen LogP contribution is 2.41. The number of aromatic carboxylic acids is 1. The maximum absolute atomic E-state index is 14.0. The fraction of sp³-hybridized carbons (Fsp3) is 0.320. The molecule has 39 heavy (non-hydrogen) atoms. The van der Waals surface area contributed by atoms with Gasteiger partial charge in [-0.1, -0.05) is 24.3 Å². The van der Waals surface area contributed by atoms with Crippen LogP contribution in [0.1, 0.15) is 62.1 Å². The number of fused-ring (bicyclic) bond motifs is 1. The number of carboxylic acids is 1. The molecule has 1 aromatic heterocycles. The van der Waals surface area contributed by atoms with Gasteiger partial charge in [0.1, 0.15) is 11.4 Å². The smallest absolute Gasteiger partial charge is 0.436 e. The van der Waals surface area contributed by atoms with Gasteiger partial charge < -0.3 is 20.4 Å². The molecule has 0 spiro atoms. The summed E-state index contributed by atoms with van der Waals surface area (Å²) in [6.45, 7) is 0.482. The molecule has 14 heteroatoms. The van der Waals surface area contributed by atoms with Gasteiger partial charge in [0, 0.05) is 13.1 Å². The van der Waals surface area contributed by atoms with E-state index in [1.807, 2.05) is 0 Å². The summed E-state index contributed by atoms with van der Waals surface area (Å²) in [5.41, 5.74) is -2.76. The van der Waals surface area contributed by atoms with Gasteiger partial charge in [-0.3, -0.25) is 4.79 Å². The summed E-state index contributed by atoms with van der Waals surface area (Å²) in [6.07, 6.45) is -9.69. The van der Waals surface area contributed by atoms with Gasteiger partial charge in [0.2, 0.25) is 0 Å². The number of nitrogens with one attached hydrogen (secondary N) is 1. The van der Waals surface area contributed by atoms with E-state index in [0.29, 0.717) is 5.56 Å². The molecule has 1 unspecified atom stereocenters. The minimum atomic E-state index is -5.06. The van der Waals surface area contributed by atoms with Crippen molar-refractivity contribution in [3.8, 4) is 0 Å². The largest absolute Gasteiger partial charge is 0.478 e. The van der Waals surface area contributed by atoms with Crippen molar-refractivity contribution in [2.45, 2.75) is 37.9 Å². The number of aliphatic hydroxyl groups is 1. The third-order valence-corrected chi connectivity index (χ3v) is 6.30. The van der Waals surface area contributed by atoms with Crippen LogP contribution in [0, 0.1) is 0 Å². The van der Waals surface area contributed by atoms with Crippen molar-refractivity contribution in [1.29, 1.82) is 0 Å². The number of halogens is 6. The number of nitrogens with zero attached hydrogens (tertiary/aromatic N) is 3. The Kier molecular flexibility index (Phi) is 7.34. The molecule has 0 radical (unpaired) electrons. The van der Waals surface area contributed by atoms with Gasteiger partial charge in [0.25, 0.3) is 5.91 Å². The summed E-state index contributed by atoms with van der Waals surface area (Å²) in [6, 6.07) is 7.81. The zero-order chi connectivity index (χ0) is 28.7. The molecule has 2 heterocycles. The molecule has 4 rings (SSSR count). The molecule has 3 N–H and O–H groups in total. The Morgan fingerprint density at radius 1 is 1.08 bits per heavy atom. The van der Waals surface area contributed by atoms with E-state index < -0.39 is 59.7 Å². The number of amides is 1. The first-order chi connectivity index (χ1) is 18.2. The first-order valence-electron chi connectivity index (χ1n) is 11.6. The summed E-state index contributed by atoms with van der Waals surface area (Å²) >= 11 is 0. The lowest BCUT2D eigenvalue weighted by atomic mass is 10.1. The molecular weight excluding hydrogens is 534 g/mol. The van der Waals surface area contributed by atoms with E-state index in [4.69, 9.17) is 5.11 Å². The Bertz CT molecular complexity index is 1380. The lowest BCUT2D eigenvalue weighted by Gasteiger charge is -2.22. The molecule has 0 bridgehead atoms. The lowest BCUT2D eigenvalue weighted by molar-refractivity contribution is -0.142. The van der Waals surface area contributed by atoms with Gasteiger partial charge in [-0.2, -0.15) is 31.4 Å². The van der Waals surface area contributed by atoms with Crippen molar-refractivity contribution in [2.24, 2.45) is 0 Å². The van der Waals surface area contributed by atoms with E-state index in [1.165, 1.54) is 48.2 Å². The number of aliphatic hydroxyl groups excluding tert-OH is 1. The van der Waals surface area contributed by atoms with Gasteiger partial charge in [0.05, 0.1) is 29.8 Å². The van der Waals surface area contributed by atoms with Crippen LogP contribution in [-0.4, -0.2) is 45.0 Å². The average molecular weight is 556 g/mol. The summed E-state index contributed by atoms with van der Waals surface area (Å²) in [5.74, 6) is -2.61. The zero-order valence-electron chi connectivity index (χ0n) is 20.2. The van der Waals surface area contributed by atoms with Crippen LogP contribution in [0.2, 0.25) is 0 Å². The number of carbonyl (C=O) groups is 2. The third-order valence-electron chi connectivity index (χ3n) is 6.30. The van der Waals surface area contributed by atoms with E-state index in [2.05, 4.69) is 10.4 Å². The fourth-order valence-electron chi connectivity index (χ4n) is 4.42. The summed E-state index contributed by atoms with van der Waals surface area (Å²) in [4.78, 5) is 25.6. The maximum atomic E-state index is 14.0. The number of aromatic nitrogens is 2. The number of anilines is 1. The van der Waals surface area contributed by atoms with Gasteiger partial charge in [-0.25, -0.2) is 9.48 Å². The van der Waals surface area contributed by atoms with Crippen LogP contribution in [0.15, 0.2) is 48.5 Å². The Morgan fingerprint density at radius 2 is 1.74 bits per heavy atom. The van der Waals surface area contributed by atoms with Gasteiger partial charge in [-0.05, 0) is 42.3 Å². The van der Waals surface area contributed by atoms with Crippen LogP contribution < -0.4 is 10.2 Å². The first-order valence-corrected chi connectivity index (χ1v) is 11.6. The molecule has 1 aliphatic heterocycles. The Balaban J connectivity index is 1.71. The Labute approximate surface area is 217 Å². The van der Waals surface area contributed by atoms with E-state index in [1.54, 1.807) is 0 Å². The fourth-order valence-corrected chi connectivity index (χ4v) is 4.42. The van der Waals surface area contributed by atoms with Gasteiger partial charge in [-0.15, -0.1) is 0 Å². The van der Waals surface area contributed by atoms with Crippen molar-refractivity contribution < 1.29 is 46.1 Å². The highest BCUT2D eigenvalue weighted by molar-refractivity contribution is 6.01. The predicted molar refractivity (Wildman–Crippen MR) is 125 cm³/mol. The number of hydrogen-bond donors (Lipinski definition) is 3. The quantitative estimate of drug-likeness (QED) is 0.366. The minimum Gasteiger partial charge on any atom is -0.478 e. The van der Waals surface area contributed by atoms with Gasteiger partial charge in [0.15, 0.2) is 5.69 Å². The lowest BCUT2D eigenvalue weighted by Crippen LogP contribution is -2.31. The molecular formula is C25H22F6N4O4. The Morgan fingerprint density at radius 3 is 2.31 bits per heavy atom. The maximum Gasteiger partial charge on any atom is 0.436 e. The normalized spacial score (nSPS) is 16.2. The molecule has 0 fully saturated rings. The molecule has 8 nitrogen and oxygen atoms in total. The van der Waals surface area contributed by atoms with Crippen LogP contribution in [0.4, 0.5) is 32.2 Å². The second kappa shape index (κ2) is 10.2. The molecule has 1 aliphatic rings. The SMILES string of the molecule is CC(NC(=O)c1c(C(F)(F)F)nn2c1N(Cc1cccc(C(F)(F)F)c1)C[C@H]2CO)c1ccc(C(=O)O)cc1. The number of benzene rings is 2. The third kappa shape index (κ3) is 5.70. The minimum absolute atomic E-state index is 0.0219. The highest BCUT2D eigenvalue weighted by atomic mass is 19.4. The summed E-state index contributed by atoms with van der Waals surface area (Å²) in [5, 5.41) is 24.9. The average Bonchev–Trinajstić information content (AvgIpc) is 3.42. The van der Waals surface area contributed by atoms with E-state index >= 15 is 0 Å². The van der Waals surface area contributed by atoms with Gasteiger partial charge >= 0.3 is 18.3 Å².